The summed E-state index contributed by atoms with van der Waals surface area (Å²) in [6, 6.07) is 6.89. The first-order valence-corrected chi connectivity index (χ1v) is 23.5. The van der Waals surface area contributed by atoms with Gasteiger partial charge >= 0.3 is 17.8 Å². The van der Waals surface area contributed by atoms with Gasteiger partial charge in [-0.05, 0) is 85.2 Å². The average Bonchev–Trinajstić information content (AvgIpc) is 4.01. The molecule has 4 heterocycles. The van der Waals surface area contributed by atoms with Gasteiger partial charge < -0.3 is 28.4 Å². The molecule has 0 unspecified atom stereocenters. The highest BCUT2D eigenvalue weighted by Crippen LogP contribution is 2.65. The fourth-order valence-electron chi connectivity index (χ4n) is 6.67. The minimum Gasteiger partial charge on any atom is -0.382 e. The van der Waals surface area contributed by atoms with Crippen molar-refractivity contribution in [1.29, 1.82) is 0 Å². The lowest BCUT2D eigenvalue weighted by Crippen LogP contribution is -2.49. The van der Waals surface area contributed by atoms with Crippen LogP contribution in [0.4, 0.5) is 26.3 Å². The van der Waals surface area contributed by atoms with Gasteiger partial charge in [0.2, 0.25) is 0 Å². The van der Waals surface area contributed by atoms with Crippen molar-refractivity contribution in [3.8, 4) is 31.2 Å². The minimum absolute atomic E-state index is 0.208. The van der Waals surface area contributed by atoms with Crippen molar-refractivity contribution in [1.82, 2.24) is 0 Å². The number of ether oxygens (including phenoxy) is 6. The quantitative estimate of drug-likeness (QED) is 0.0373. The van der Waals surface area contributed by atoms with E-state index in [1.54, 1.807) is 27.4 Å². The van der Waals surface area contributed by atoms with Gasteiger partial charge in [0.15, 0.2) is 0 Å². The lowest BCUT2D eigenvalue weighted by Gasteiger charge is -2.25. The predicted molar refractivity (Wildman–Crippen MR) is 239 cm³/mol. The summed E-state index contributed by atoms with van der Waals surface area (Å²) in [6.07, 6.45) is 7.68. The lowest BCUT2D eigenvalue weighted by molar-refractivity contribution is -0.260. The van der Waals surface area contributed by atoms with Crippen LogP contribution in [0.1, 0.15) is 48.2 Å². The van der Waals surface area contributed by atoms with Gasteiger partial charge in [-0.1, -0.05) is 6.08 Å². The molecule has 1 aliphatic carbocycles. The fraction of sp³-hybridized carbons (Fsp3) is 0.500. The van der Waals surface area contributed by atoms with E-state index in [0.29, 0.717) is 103 Å². The SMILES string of the molecule is C#CS/C(=C\CC1=C(c2cc(-c3cc(C)c(CCOCCOC)s3)sc2-c2cc(C)c(CCOCCOC)s2)C(F)(F)C(F)(F)C1(F)F)c1cc(C)c(CCOCCOC)s1. The van der Waals surface area contributed by atoms with E-state index in [2.05, 4.69) is 5.25 Å². The van der Waals surface area contributed by atoms with Crippen LogP contribution in [0, 0.1) is 32.4 Å². The number of methoxy groups -OCH3 is 3. The Balaban J connectivity index is 1.62. The van der Waals surface area contributed by atoms with Gasteiger partial charge in [-0.25, -0.2) is 0 Å². The maximum atomic E-state index is 16.4. The van der Waals surface area contributed by atoms with E-state index >= 15 is 26.3 Å². The van der Waals surface area contributed by atoms with E-state index in [4.69, 9.17) is 34.8 Å². The molecule has 1 aliphatic rings. The topological polar surface area (TPSA) is 55.4 Å². The first kappa shape index (κ1) is 49.5. The molecule has 0 bridgehead atoms. The number of halogens is 6. The van der Waals surface area contributed by atoms with Crippen LogP contribution in [-0.2, 0) is 47.7 Å². The predicted octanol–water partition coefficient (Wildman–Crippen LogP) is 12.2. The molecule has 334 valence electrons. The first-order chi connectivity index (χ1) is 29.1. The van der Waals surface area contributed by atoms with Crippen LogP contribution in [-0.4, -0.2) is 98.6 Å². The second-order valence-corrected chi connectivity index (χ2v) is 19.5. The van der Waals surface area contributed by atoms with Gasteiger partial charge in [0.25, 0.3) is 0 Å². The van der Waals surface area contributed by atoms with Crippen molar-refractivity contribution < 1.29 is 54.8 Å². The summed E-state index contributed by atoms with van der Waals surface area (Å²) in [4.78, 5) is 5.67. The first-order valence-electron chi connectivity index (χ1n) is 19.5. The number of thioether (sulfide) groups is 1. The molecule has 0 radical (unpaired) electrons. The van der Waals surface area contributed by atoms with E-state index in [1.807, 2.05) is 32.9 Å². The summed E-state index contributed by atoms with van der Waals surface area (Å²) in [5.41, 5.74) is -0.385. The molecule has 0 atom stereocenters. The van der Waals surface area contributed by atoms with E-state index in [9.17, 15) is 0 Å². The Bertz CT molecular complexity index is 2180. The summed E-state index contributed by atoms with van der Waals surface area (Å²) in [6.45, 7) is 9.38. The van der Waals surface area contributed by atoms with Crippen molar-refractivity contribution in [2.75, 3.05) is 80.8 Å². The van der Waals surface area contributed by atoms with Gasteiger partial charge in [0, 0.05) is 96.3 Å². The van der Waals surface area contributed by atoms with Gasteiger partial charge in [-0.2, -0.15) is 26.3 Å². The molecule has 0 saturated heterocycles. The van der Waals surface area contributed by atoms with Crippen LogP contribution < -0.4 is 0 Å². The molecular weight excluding hydrogens is 899 g/mol. The Morgan fingerprint density at radius 1 is 0.623 bits per heavy atom. The maximum absolute atomic E-state index is 16.4. The Morgan fingerprint density at radius 3 is 1.62 bits per heavy atom. The summed E-state index contributed by atoms with van der Waals surface area (Å²) in [5, 5.41) is 2.44. The van der Waals surface area contributed by atoms with Crippen LogP contribution >= 0.6 is 57.1 Å². The van der Waals surface area contributed by atoms with Crippen molar-refractivity contribution >= 4 is 67.6 Å². The van der Waals surface area contributed by atoms with E-state index in [-0.39, 0.29) is 10.4 Å². The molecule has 5 rings (SSSR count). The Kier molecular flexibility index (Phi) is 18.2. The summed E-state index contributed by atoms with van der Waals surface area (Å²) in [5.74, 6) is -16.1. The molecule has 17 heteroatoms. The molecule has 4 aromatic rings. The Morgan fingerprint density at radius 2 is 1.10 bits per heavy atom. The highest BCUT2D eigenvalue weighted by Gasteiger charge is 2.80. The number of allylic oxidation sites excluding steroid dienone is 3. The molecule has 0 aromatic carbocycles. The normalized spacial score (nSPS) is 16.0. The van der Waals surface area contributed by atoms with Crippen molar-refractivity contribution in [3.63, 3.8) is 0 Å². The second kappa shape index (κ2) is 22.4. The molecule has 0 fully saturated rings. The summed E-state index contributed by atoms with van der Waals surface area (Å²) < 4.78 is 129. The highest BCUT2D eigenvalue weighted by molar-refractivity contribution is 8.12. The Labute approximate surface area is 374 Å². The maximum Gasteiger partial charge on any atom is 0.380 e. The van der Waals surface area contributed by atoms with Gasteiger partial charge in [-0.3, -0.25) is 0 Å². The Hall–Kier alpha value is -2.47. The van der Waals surface area contributed by atoms with Gasteiger partial charge in [-0.15, -0.1) is 51.8 Å². The van der Waals surface area contributed by atoms with Crippen molar-refractivity contribution in [2.24, 2.45) is 0 Å². The molecule has 61 heavy (non-hydrogen) atoms. The van der Waals surface area contributed by atoms with Gasteiger partial charge in [0.05, 0.1) is 64.3 Å². The zero-order chi connectivity index (χ0) is 44.4. The van der Waals surface area contributed by atoms with Crippen LogP contribution in [0.15, 0.2) is 35.9 Å². The number of hydrogen-bond acceptors (Lipinski definition) is 11. The lowest BCUT2D eigenvalue weighted by atomic mass is 9.96. The third-order valence-corrected chi connectivity index (χ3v) is 16.2. The zero-order valence-corrected chi connectivity index (χ0v) is 39.0. The molecule has 0 saturated carbocycles. The number of aryl methyl sites for hydroxylation is 3. The van der Waals surface area contributed by atoms with Gasteiger partial charge in [0.1, 0.15) is 0 Å². The highest BCUT2D eigenvalue weighted by atomic mass is 32.2. The van der Waals surface area contributed by atoms with Crippen molar-refractivity contribution in [3.05, 3.63) is 77.7 Å². The summed E-state index contributed by atoms with van der Waals surface area (Å²) >= 11 is 6.08. The minimum atomic E-state index is -5.71. The third-order valence-electron chi connectivity index (χ3n) is 9.93. The zero-order valence-electron chi connectivity index (χ0n) is 34.9. The number of terminal acetylenes is 1. The molecule has 0 N–H and O–H groups in total. The van der Waals surface area contributed by atoms with Crippen molar-refractivity contribution in [2.45, 2.75) is 64.2 Å². The van der Waals surface area contributed by atoms with Crippen LogP contribution in [0.25, 0.3) is 30.0 Å². The smallest absolute Gasteiger partial charge is 0.380 e. The van der Waals surface area contributed by atoms with Crippen LogP contribution in [0.3, 0.4) is 0 Å². The number of thiophene rings is 4. The number of alkyl halides is 6. The second-order valence-electron chi connectivity index (χ2n) is 14.1. The fourth-order valence-corrected chi connectivity index (χ4v) is 12.1. The standard InChI is InChI=1S/C44H50F6O6S5/c1-8-57-35(36-23-27(2)32(58-36)11-14-54-20-17-51-5)10-9-31-40(43(47,48)44(49,50)42(31,45)46)30-26-38(37-24-28(3)33(59-37)12-15-55-21-18-52-6)61-41(30)39-25-29(4)34(60-39)13-16-56-22-19-53-7/h1,10,23-26H,9,11-22H2,2-7H3/b35-10-. The number of rotatable bonds is 25. The molecule has 0 aliphatic heterocycles. The number of hydrogen-bond donors (Lipinski definition) is 0. The third kappa shape index (κ3) is 11.4. The van der Waals surface area contributed by atoms with E-state index < -0.39 is 35.3 Å². The molecular formula is C44H50F6O6S5. The molecule has 4 aromatic heterocycles. The molecule has 0 amide bonds. The summed E-state index contributed by atoms with van der Waals surface area (Å²) in [7, 11) is 4.73. The molecule has 6 nitrogen and oxygen atoms in total. The molecule has 0 spiro atoms. The monoisotopic (exact) mass is 948 g/mol. The van der Waals surface area contributed by atoms with Crippen LogP contribution in [0.2, 0.25) is 0 Å². The van der Waals surface area contributed by atoms with E-state index in [0.717, 1.165) is 54.4 Å². The van der Waals surface area contributed by atoms with Crippen LogP contribution in [0.5, 0.6) is 0 Å². The largest absolute Gasteiger partial charge is 0.382 e. The average molecular weight is 949 g/mol. The van der Waals surface area contributed by atoms with E-state index in [1.165, 1.54) is 46.2 Å².